The first-order valence-electron chi connectivity index (χ1n) is 8.58. The normalized spacial score (nSPS) is 13.7. The Labute approximate surface area is 151 Å². The van der Waals surface area contributed by atoms with Crippen molar-refractivity contribution in [2.45, 2.75) is 25.3 Å². The standard InChI is InChI=1S/C21H23NO2Si/c1-21(25-2,17-10-5-3-6-11-17)23-16-18-12-9-15-20(22-18)24-19-13-7-4-8-14-19/h3-15H,16,25H2,1-2H3. The summed E-state index contributed by atoms with van der Waals surface area (Å²) in [6.07, 6.45) is 0. The highest BCUT2D eigenvalue weighted by atomic mass is 28.2. The summed E-state index contributed by atoms with van der Waals surface area (Å²) in [7, 11) is -0.421. The summed E-state index contributed by atoms with van der Waals surface area (Å²) in [6, 6.07) is 25.9. The molecule has 4 heteroatoms. The van der Waals surface area contributed by atoms with Crippen LogP contribution in [0.1, 0.15) is 18.2 Å². The van der Waals surface area contributed by atoms with Crippen molar-refractivity contribution in [1.82, 2.24) is 4.98 Å². The zero-order chi connectivity index (χ0) is 17.5. The van der Waals surface area contributed by atoms with E-state index in [1.165, 1.54) is 5.56 Å². The van der Waals surface area contributed by atoms with Crippen LogP contribution in [-0.4, -0.2) is 14.5 Å². The SMILES string of the molecule is C[SiH2]C(C)(OCc1cccc(Oc2ccccc2)n1)c1ccccc1. The highest BCUT2D eigenvalue weighted by molar-refractivity contribution is 6.37. The smallest absolute Gasteiger partial charge is 0.219 e. The van der Waals surface area contributed by atoms with Crippen molar-refractivity contribution in [2.24, 2.45) is 0 Å². The highest BCUT2D eigenvalue weighted by Crippen LogP contribution is 2.26. The number of rotatable bonds is 7. The molecule has 0 spiro atoms. The molecular weight excluding hydrogens is 326 g/mol. The molecule has 0 amide bonds. The van der Waals surface area contributed by atoms with Gasteiger partial charge in [0.2, 0.25) is 5.88 Å². The zero-order valence-corrected chi connectivity index (χ0v) is 16.1. The Balaban J connectivity index is 1.69. The Kier molecular flexibility index (Phi) is 5.63. The summed E-state index contributed by atoms with van der Waals surface area (Å²) >= 11 is 0. The van der Waals surface area contributed by atoms with Crippen molar-refractivity contribution in [2.75, 3.05) is 0 Å². The van der Waals surface area contributed by atoms with Gasteiger partial charge in [0.25, 0.3) is 0 Å². The van der Waals surface area contributed by atoms with Gasteiger partial charge in [-0.15, -0.1) is 0 Å². The molecule has 0 aliphatic heterocycles. The Bertz CT molecular complexity index is 795. The number of pyridine rings is 1. The van der Waals surface area contributed by atoms with Crippen molar-refractivity contribution in [3.63, 3.8) is 0 Å². The first-order valence-corrected chi connectivity index (χ1v) is 10.7. The second-order valence-corrected chi connectivity index (χ2v) is 8.18. The van der Waals surface area contributed by atoms with Crippen LogP contribution in [0.4, 0.5) is 0 Å². The minimum absolute atomic E-state index is 0.195. The first-order chi connectivity index (χ1) is 12.2. The third-order valence-corrected chi connectivity index (χ3v) is 6.31. The Hall–Kier alpha value is -2.43. The Morgan fingerprint density at radius 2 is 1.56 bits per heavy atom. The van der Waals surface area contributed by atoms with Gasteiger partial charge in [0.05, 0.1) is 27.0 Å². The van der Waals surface area contributed by atoms with Crippen LogP contribution < -0.4 is 4.74 Å². The second kappa shape index (κ2) is 8.10. The van der Waals surface area contributed by atoms with Crippen molar-refractivity contribution >= 4 is 9.52 Å². The van der Waals surface area contributed by atoms with E-state index >= 15 is 0 Å². The fourth-order valence-electron chi connectivity index (χ4n) is 2.62. The van der Waals surface area contributed by atoms with Crippen molar-refractivity contribution in [3.05, 3.63) is 90.1 Å². The lowest BCUT2D eigenvalue weighted by Crippen LogP contribution is -2.31. The molecule has 0 fully saturated rings. The predicted octanol–water partition coefficient (Wildman–Crippen LogP) is 4.48. The molecule has 25 heavy (non-hydrogen) atoms. The number of nitrogens with zero attached hydrogens (tertiary/aromatic N) is 1. The number of benzene rings is 2. The summed E-state index contributed by atoms with van der Waals surface area (Å²) < 4.78 is 12.1. The molecule has 1 unspecified atom stereocenters. The lowest BCUT2D eigenvalue weighted by atomic mass is 10.1. The molecule has 3 rings (SSSR count). The Morgan fingerprint density at radius 1 is 0.880 bits per heavy atom. The largest absolute Gasteiger partial charge is 0.439 e. The molecule has 0 bridgehead atoms. The lowest BCUT2D eigenvalue weighted by molar-refractivity contribution is 0.0121. The van der Waals surface area contributed by atoms with Gasteiger partial charge in [-0.2, -0.15) is 0 Å². The van der Waals surface area contributed by atoms with Crippen LogP contribution >= 0.6 is 0 Å². The number of para-hydroxylation sites is 1. The maximum absolute atomic E-state index is 6.30. The summed E-state index contributed by atoms with van der Waals surface area (Å²) in [5.74, 6) is 1.37. The molecule has 1 aromatic heterocycles. The first kappa shape index (κ1) is 17.4. The zero-order valence-electron chi connectivity index (χ0n) is 14.7. The quantitative estimate of drug-likeness (QED) is 0.589. The molecule has 1 heterocycles. The van der Waals surface area contributed by atoms with Crippen LogP contribution in [0.2, 0.25) is 6.55 Å². The molecule has 0 saturated carbocycles. The average molecular weight is 350 g/mol. The molecule has 1 atom stereocenters. The van der Waals surface area contributed by atoms with E-state index in [-0.39, 0.29) is 5.22 Å². The lowest BCUT2D eigenvalue weighted by Gasteiger charge is -2.29. The van der Waals surface area contributed by atoms with Gasteiger partial charge in [-0.3, -0.25) is 0 Å². The number of hydrogen-bond acceptors (Lipinski definition) is 3. The minimum atomic E-state index is -0.421. The molecule has 128 valence electrons. The average Bonchev–Trinajstić information content (AvgIpc) is 2.68. The monoisotopic (exact) mass is 349 g/mol. The molecule has 0 aliphatic rings. The minimum Gasteiger partial charge on any atom is -0.439 e. The molecular formula is C21H23NO2Si. The molecule has 2 aromatic carbocycles. The molecule has 0 N–H and O–H groups in total. The van der Waals surface area contributed by atoms with Gasteiger partial charge >= 0.3 is 0 Å². The van der Waals surface area contributed by atoms with E-state index in [9.17, 15) is 0 Å². The molecule has 0 aliphatic carbocycles. The van der Waals surface area contributed by atoms with Crippen LogP contribution in [0.25, 0.3) is 0 Å². The van der Waals surface area contributed by atoms with E-state index in [2.05, 4.69) is 42.7 Å². The van der Waals surface area contributed by atoms with Gasteiger partial charge in [0, 0.05) is 6.07 Å². The van der Waals surface area contributed by atoms with Crippen LogP contribution in [-0.2, 0) is 16.6 Å². The van der Waals surface area contributed by atoms with Crippen molar-refractivity contribution in [1.29, 1.82) is 0 Å². The summed E-state index contributed by atoms with van der Waals surface area (Å²) in [4.78, 5) is 4.57. The van der Waals surface area contributed by atoms with Crippen LogP contribution in [0, 0.1) is 0 Å². The van der Waals surface area contributed by atoms with Crippen LogP contribution in [0.3, 0.4) is 0 Å². The van der Waals surface area contributed by atoms with Crippen molar-refractivity contribution in [3.8, 4) is 11.6 Å². The third-order valence-electron chi connectivity index (χ3n) is 4.34. The van der Waals surface area contributed by atoms with Crippen LogP contribution in [0.15, 0.2) is 78.9 Å². The predicted molar refractivity (Wildman–Crippen MR) is 104 cm³/mol. The molecule has 0 saturated heterocycles. The fraction of sp³-hybridized carbons (Fsp3) is 0.190. The van der Waals surface area contributed by atoms with E-state index < -0.39 is 9.52 Å². The van der Waals surface area contributed by atoms with E-state index in [1.54, 1.807) is 0 Å². The second-order valence-electron chi connectivity index (χ2n) is 6.12. The van der Waals surface area contributed by atoms with Gasteiger partial charge in [-0.05, 0) is 30.7 Å². The van der Waals surface area contributed by atoms with Gasteiger partial charge in [0.15, 0.2) is 0 Å². The number of hydrogen-bond donors (Lipinski definition) is 0. The number of ether oxygens (including phenoxy) is 2. The van der Waals surface area contributed by atoms with Gasteiger partial charge in [0.1, 0.15) is 5.75 Å². The fourth-order valence-corrected chi connectivity index (χ4v) is 3.57. The highest BCUT2D eigenvalue weighted by Gasteiger charge is 2.25. The summed E-state index contributed by atoms with van der Waals surface area (Å²) in [6.45, 7) is 4.92. The topological polar surface area (TPSA) is 31.4 Å². The summed E-state index contributed by atoms with van der Waals surface area (Å²) in [5.41, 5.74) is 2.11. The van der Waals surface area contributed by atoms with E-state index in [1.807, 2.05) is 54.6 Å². The van der Waals surface area contributed by atoms with Crippen molar-refractivity contribution < 1.29 is 9.47 Å². The maximum Gasteiger partial charge on any atom is 0.219 e. The third kappa shape index (κ3) is 4.56. The van der Waals surface area contributed by atoms with E-state index in [4.69, 9.17) is 9.47 Å². The van der Waals surface area contributed by atoms with Gasteiger partial charge in [-0.1, -0.05) is 61.1 Å². The van der Waals surface area contributed by atoms with Gasteiger partial charge < -0.3 is 9.47 Å². The molecule has 0 radical (unpaired) electrons. The number of aromatic nitrogens is 1. The summed E-state index contributed by atoms with van der Waals surface area (Å²) in [5, 5.41) is -0.195. The van der Waals surface area contributed by atoms with Crippen LogP contribution in [0.5, 0.6) is 11.6 Å². The van der Waals surface area contributed by atoms with Gasteiger partial charge in [-0.25, -0.2) is 4.98 Å². The Morgan fingerprint density at radius 3 is 2.24 bits per heavy atom. The molecule has 3 aromatic rings. The maximum atomic E-state index is 6.30. The van der Waals surface area contributed by atoms with E-state index in [0.29, 0.717) is 12.5 Å². The molecule has 3 nitrogen and oxygen atoms in total. The van der Waals surface area contributed by atoms with E-state index in [0.717, 1.165) is 11.4 Å².